The quantitative estimate of drug-likeness (QED) is 0.0238. The molecule has 2 unspecified atom stereocenters. The van der Waals surface area contributed by atoms with Gasteiger partial charge in [0.25, 0.3) is 0 Å². The van der Waals surface area contributed by atoms with Gasteiger partial charge in [-0.15, -0.1) is 0 Å². The summed E-state index contributed by atoms with van der Waals surface area (Å²) < 4.78 is 27.0. The second-order valence-corrected chi connectivity index (χ2v) is 20.0. The summed E-state index contributed by atoms with van der Waals surface area (Å²) in [6, 6.07) is 0. The first kappa shape index (κ1) is 64.0. The summed E-state index contributed by atoms with van der Waals surface area (Å²) >= 11 is 0. The van der Waals surface area contributed by atoms with Crippen molar-refractivity contribution in [2.45, 2.75) is 270 Å². The van der Waals surface area contributed by atoms with Crippen LogP contribution in [0.4, 0.5) is 0 Å². The molecule has 0 aromatic carbocycles. The minimum Gasteiger partial charge on any atom is -0.463 e. The number of aliphatic hydroxyl groups excluding tert-OH is 1. The molecule has 0 radical (unpaired) electrons. The lowest BCUT2D eigenvalue weighted by Gasteiger charge is -2.15. The summed E-state index contributed by atoms with van der Waals surface area (Å²) in [6.07, 6.45) is 63.5. The lowest BCUT2D eigenvalue weighted by atomic mass is 10.0. The molecule has 66 heavy (non-hydrogen) atoms. The number of rotatable bonds is 52. The molecule has 1 amide bonds. The average molecular weight is 950 g/mol. The van der Waals surface area contributed by atoms with Crippen molar-refractivity contribution in [1.82, 2.24) is 5.32 Å². The maximum absolute atomic E-state index is 12.2. The number of nitrogens with one attached hydrogen (secondary N) is 1. The van der Waals surface area contributed by atoms with Gasteiger partial charge in [-0.3, -0.25) is 18.6 Å². The molecule has 0 aromatic heterocycles. The van der Waals surface area contributed by atoms with Crippen LogP contribution in [-0.2, 0) is 27.9 Å². The van der Waals surface area contributed by atoms with Crippen LogP contribution in [0.15, 0.2) is 48.6 Å². The van der Waals surface area contributed by atoms with Crippen molar-refractivity contribution in [2.24, 2.45) is 0 Å². The third-order valence-corrected chi connectivity index (χ3v) is 13.0. The average Bonchev–Trinajstić information content (AvgIpc) is 3.31. The van der Waals surface area contributed by atoms with E-state index in [9.17, 15) is 24.2 Å². The molecule has 386 valence electrons. The van der Waals surface area contributed by atoms with Gasteiger partial charge in [-0.2, -0.15) is 0 Å². The van der Waals surface area contributed by atoms with E-state index in [2.05, 4.69) is 67.8 Å². The van der Waals surface area contributed by atoms with Crippen molar-refractivity contribution in [3.05, 3.63) is 48.6 Å². The normalized spacial score (nSPS) is 13.5. The molecule has 0 rings (SSSR count). The number of ether oxygens (including phenoxy) is 1. The Kier molecular flexibility index (Phi) is 50.7. The third kappa shape index (κ3) is 52.9. The molecule has 0 saturated carbocycles. The summed E-state index contributed by atoms with van der Waals surface area (Å²) in [6.45, 7) is 3.55. The second-order valence-electron chi connectivity index (χ2n) is 18.6. The summed E-state index contributed by atoms with van der Waals surface area (Å²) in [7, 11) is -4.43. The SMILES string of the molecule is CCCCC/C=C\C/C=C\C/C=C\C/C=C\CCCCCCCC(=O)OCC(O)COP(=O)(O)OCCNC(=O)CCCCCCCCCCCCCCCCCCCCCCCCCC. The van der Waals surface area contributed by atoms with E-state index in [1.807, 2.05) is 0 Å². The van der Waals surface area contributed by atoms with Gasteiger partial charge in [0, 0.05) is 19.4 Å². The zero-order valence-corrected chi connectivity index (χ0v) is 43.8. The summed E-state index contributed by atoms with van der Waals surface area (Å²) in [5.41, 5.74) is 0. The fourth-order valence-electron chi connectivity index (χ4n) is 7.84. The Labute approximate surface area is 406 Å². The van der Waals surface area contributed by atoms with Gasteiger partial charge < -0.3 is 20.1 Å². The Bertz CT molecular complexity index is 1220. The molecule has 0 aliphatic heterocycles. The summed E-state index contributed by atoms with van der Waals surface area (Å²) in [4.78, 5) is 34.1. The molecule has 0 saturated heterocycles. The molecule has 10 heteroatoms. The predicted molar refractivity (Wildman–Crippen MR) is 280 cm³/mol. The van der Waals surface area contributed by atoms with Crippen molar-refractivity contribution >= 4 is 19.7 Å². The van der Waals surface area contributed by atoms with Crippen molar-refractivity contribution in [2.75, 3.05) is 26.4 Å². The standard InChI is InChI=1S/C56H104NO8P/c1-3-5-7-9-11-13-15-17-19-21-23-25-26-27-29-30-32-34-36-38-40-42-44-46-48-55(59)57-50-51-64-66(61,62)65-53-54(58)52-63-56(60)49-47-45-43-41-39-37-35-33-31-28-24-22-20-18-16-14-12-10-8-6-4-2/h12,14,18,20,24,28,33,35,54,58H,3-11,13,15-17,19,21-23,25-27,29-32,34,36-53H2,1-2H3,(H,57,59)(H,61,62)/b14-12-,20-18-,28-24-,35-33-. The number of hydrogen-bond acceptors (Lipinski definition) is 7. The van der Waals surface area contributed by atoms with Crippen LogP contribution in [0.25, 0.3) is 0 Å². The van der Waals surface area contributed by atoms with Gasteiger partial charge in [0.2, 0.25) is 5.91 Å². The van der Waals surface area contributed by atoms with Gasteiger partial charge in [0.1, 0.15) is 12.7 Å². The van der Waals surface area contributed by atoms with E-state index in [4.69, 9.17) is 13.8 Å². The summed E-state index contributed by atoms with van der Waals surface area (Å²) in [5.74, 6) is -0.526. The Morgan fingerprint density at radius 2 is 0.818 bits per heavy atom. The van der Waals surface area contributed by atoms with Crippen LogP contribution in [0.1, 0.15) is 264 Å². The van der Waals surface area contributed by atoms with Gasteiger partial charge in [0.05, 0.1) is 13.2 Å². The van der Waals surface area contributed by atoms with Crippen molar-refractivity contribution in [1.29, 1.82) is 0 Å². The number of phosphoric ester groups is 1. The minimum atomic E-state index is -4.43. The van der Waals surface area contributed by atoms with Crippen LogP contribution in [0.2, 0.25) is 0 Å². The molecule has 0 fully saturated rings. The maximum atomic E-state index is 12.2. The van der Waals surface area contributed by atoms with E-state index in [1.165, 1.54) is 161 Å². The van der Waals surface area contributed by atoms with Gasteiger partial charge in [-0.1, -0.05) is 242 Å². The lowest BCUT2D eigenvalue weighted by molar-refractivity contribution is -0.147. The van der Waals surface area contributed by atoms with E-state index in [0.717, 1.165) is 70.6 Å². The van der Waals surface area contributed by atoms with Crippen LogP contribution >= 0.6 is 7.82 Å². The number of carbonyl (C=O) groups excluding carboxylic acids is 2. The van der Waals surface area contributed by atoms with E-state index in [0.29, 0.717) is 12.8 Å². The van der Waals surface area contributed by atoms with Gasteiger partial charge in [-0.05, 0) is 57.8 Å². The maximum Gasteiger partial charge on any atom is 0.472 e. The zero-order chi connectivity index (χ0) is 48.1. The minimum absolute atomic E-state index is 0.0810. The number of aliphatic hydroxyl groups is 1. The van der Waals surface area contributed by atoms with E-state index < -0.39 is 26.5 Å². The molecule has 3 N–H and O–H groups in total. The fourth-order valence-corrected chi connectivity index (χ4v) is 8.59. The summed E-state index contributed by atoms with van der Waals surface area (Å²) in [5, 5.41) is 12.8. The van der Waals surface area contributed by atoms with E-state index in [-0.39, 0.29) is 32.1 Å². The van der Waals surface area contributed by atoms with E-state index >= 15 is 0 Å². The molecule has 2 atom stereocenters. The van der Waals surface area contributed by atoms with Crippen LogP contribution in [0, 0.1) is 0 Å². The molecule has 0 aliphatic carbocycles. The molecular formula is C56H104NO8P. The first-order valence-electron chi connectivity index (χ1n) is 27.6. The Morgan fingerprint density at radius 3 is 1.26 bits per heavy atom. The van der Waals surface area contributed by atoms with Crippen LogP contribution in [-0.4, -0.2) is 54.3 Å². The first-order chi connectivity index (χ1) is 32.3. The van der Waals surface area contributed by atoms with E-state index in [1.54, 1.807) is 0 Å². The second kappa shape index (κ2) is 52.3. The van der Waals surface area contributed by atoms with Crippen LogP contribution < -0.4 is 5.32 Å². The number of unbranched alkanes of at least 4 members (excludes halogenated alkanes) is 31. The molecule has 0 spiro atoms. The highest BCUT2D eigenvalue weighted by molar-refractivity contribution is 7.47. The van der Waals surface area contributed by atoms with Crippen molar-refractivity contribution in [3.63, 3.8) is 0 Å². The molecular weight excluding hydrogens is 846 g/mol. The van der Waals surface area contributed by atoms with Gasteiger partial charge in [-0.25, -0.2) is 4.57 Å². The smallest absolute Gasteiger partial charge is 0.463 e. The van der Waals surface area contributed by atoms with Crippen LogP contribution in [0.3, 0.4) is 0 Å². The number of hydrogen-bond donors (Lipinski definition) is 3. The highest BCUT2D eigenvalue weighted by Gasteiger charge is 2.23. The predicted octanol–water partition coefficient (Wildman–Crippen LogP) is 16.6. The fraction of sp³-hybridized carbons (Fsp3) is 0.821. The number of esters is 1. The third-order valence-electron chi connectivity index (χ3n) is 12.0. The molecule has 0 bridgehead atoms. The molecule has 9 nitrogen and oxygen atoms in total. The number of carbonyl (C=O) groups is 2. The Hall–Kier alpha value is -2.03. The monoisotopic (exact) mass is 950 g/mol. The zero-order valence-electron chi connectivity index (χ0n) is 42.9. The van der Waals surface area contributed by atoms with Gasteiger partial charge in [0.15, 0.2) is 0 Å². The molecule has 0 aromatic rings. The molecule has 0 aliphatic rings. The van der Waals surface area contributed by atoms with Crippen LogP contribution in [0.5, 0.6) is 0 Å². The largest absolute Gasteiger partial charge is 0.472 e. The Morgan fingerprint density at radius 1 is 0.470 bits per heavy atom. The topological polar surface area (TPSA) is 131 Å². The highest BCUT2D eigenvalue weighted by atomic mass is 31.2. The Balaban J connectivity index is 3.55. The van der Waals surface area contributed by atoms with Gasteiger partial charge >= 0.3 is 13.8 Å². The highest BCUT2D eigenvalue weighted by Crippen LogP contribution is 2.42. The van der Waals surface area contributed by atoms with Crippen molar-refractivity contribution in [3.8, 4) is 0 Å². The number of allylic oxidation sites excluding steroid dienone is 8. The van der Waals surface area contributed by atoms with Crippen molar-refractivity contribution < 1.29 is 37.9 Å². The first-order valence-corrected chi connectivity index (χ1v) is 29.1. The number of amides is 1. The lowest BCUT2D eigenvalue weighted by Crippen LogP contribution is -2.27. The number of phosphoric acid groups is 1. The molecule has 0 heterocycles.